The van der Waals surface area contributed by atoms with E-state index in [2.05, 4.69) is 41.9 Å². The molecule has 1 aromatic carbocycles. The van der Waals surface area contributed by atoms with Crippen molar-refractivity contribution in [1.82, 2.24) is 15.8 Å². The molecule has 1 saturated carbocycles. The van der Waals surface area contributed by atoms with Crippen molar-refractivity contribution in [2.24, 2.45) is 0 Å². The van der Waals surface area contributed by atoms with Gasteiger partial charge >= 0.3 is 0 Å². The third kappa shape index (κ3) is 5.59. The molecule has 0 bridgehead atoms. The SMILES string of the molecule is CCc1ccc(C2=CCC(=O)N(CCC(=O)NC3CCCCCC3)N2)cc1. The van der Waals surface area contributed by atoms with Crippen LogP contribution < -0.4 is 10.7 Å². The topological polar surface area (TPSA) is 61.4 Å². The highest BCUT2D eigenvalue weighted by Gasteiger charge is 2.21. The Morgan fingerprint density at radius 1 is 1.15 bits per heavy atom. The standard InChI is InChI=1S/C22H31N3O2/c1-2-17-9-11-18(12-10-17)20-13-14-22(27)25(24-20)16-15-21(26)23-19-7-5-3-4-6-8-19/h9-13,19,24H,2-8,14-16H2,1H3,(H,23,26). The minimum absolute atomic E-state index is 0.00574. The van der Waals surface area contributed by atoms with E-state index < -0.39 is 0 Å². The van der Waals surface area contributed by atoms with E-state index >= 15 is 0 Å². The molecular weight excluding hydrogens is 338 g/mol. The van der Waals surface area contributed by atoms with E-state index in [1.165, 1.54) is 31.2 Å². The molecule has 5 nitrogen and oxygen atoms in total. The van der Waals surface area contributed by atoms with E-state index in [9.17, 15) is 9.59 Å². The number of carbonyl (C=O) groups is 2. The normalized spacial score (nSPS) is 18.5. The first-order chi connectivity index (χ1) is 13.2. The molecule has 0 unspecified atom stereocenters. The first-order valence-corrected chi connectivity index (χ1v) is 10.3. The largest absolute Gasteiger partial charge is 0.353 e. The molecule has 2 N–H and O–H groups in total. The minimum atomic E-state index is 0.00574. The first-order valence-electron chi connectivity index (χ1n) is 10.3. The van der Waals surface area contributed by atoms with Gasteiger partial charge in [0.25, 0.3) is 0 Å². The van der Waals surface area contributed by atoms with Gasteiger partial charge in [0.1, 0.15) is 0 Å². The van der Waals surface area contributed by atoms with Gasteiger partial charge in [0.15, 0.2) is 0 Å². The quantitative estimate of drug-likeness (QED) is 0.754. The maximum absolute atomic E-state index is 12.3. The molecule has 2 amide bonds. The first kappa shape index (κ1) is 19.5. The molecule has 0 saturated heterocycles. The second-order valence-corrected chi connectivity index (χ2v) is 7.54. The van der Waals surface area contributed by atoms with Crippen LogP contribution in [-0.4, -0.2) is 29.4 Å². The van der Waals surface area contributed by atoms with Crippen molar-refractivity contribution in [1.29, 1.82) is 0 Å². The van der Waals surface area contributed by atoms with Crippen LogP contribution in [0, 0.1) is 0 Å². The van der Waals surface area contributed by atoms with E-state index in [0.717, 1.165) is 30.5 Å². The molecule has 0 atom stereocenters. The molecule has 5 heteroatoms. The van der Waals surface area contributed by atoms with Gasteiger partial charge in [-0.1, -0.05) is 56.9 Å². The van der Waals surface area contributed by atoms with E-state index in [4.69, 9.17) is 0 Å². The van der Waals surface area contributed by atoms with Gasteiger partial charge in [0.2, 0.25) is 11.8 Å². The molecule has 2 aliphatic rings. The summed E-state index contributed by atoms with van der Waals surface area (Å²) in [6.45, 7) is 2.52. The van der Waals surface area contributed by atoms with Gasteiger partial charge in [0.05, 0.1) is 12.2 Å². The number of carbonyl (C=O) groups excluding carboxylic acids is 2. The lowest BCUT2D eigenvalue weighted by Crippen LogP contribution is -2.46. The number of amides is 2. The Balaban J connectivity index is 1.51. The molecule has 27 heavy (non-hydrogen) atoms. The Labute approximate surface area is 162 Å². The van der Waals surface area contributed by atoms with Crippen LogP contribution in [0.4, 0.5) is 0 Å². The molecule has 1 aromatic rings. The number of hydrogen-bond donors (Lipinski definition) is 2. The van der Waals surface area contributed by atoms with Crippen molar-refractivity contribution in [3.63, 3.8) is 0 Å². The van der Waals surface area contributed by atoms with Gasteiger partial charge in [0, 0.05) is 18.9 Å². The highest BCUT2D eigenvalue weighted by Crippen LogP contribution is 2.19. The lowest BCUT2D eigenvalue weighted by atomic mass is 10.1. The molecule has 0 aromatic heterocycles. The molecule has 1 aliphatic heterocycles. The van der Waals surface area contributed by atoms with Crippen LogP contribution in [0.5, 0.6) is 0 Å². The van der Waals surface area contributed by atoms with Gasteiger partial charge < -0.3 is 5.32 Å². The predicted molar refractivity (Wildman–Crippen MR) is 108 cm³/mol. The number of benzene rings is 1. The second-order valence-electron chi connectivity index (χ2n) is 7.54. The fraction of sp³-hybridized carbons (Fsp3) is 0.545. The molecule has 1 fully saturated rings. The predicted octanol–water partition coefficient (Wildman–Crippen LogP) is 3.56. The van der Waals surface area contributed by atoms with Gasteiger partial charge in [-0.25, -0.2) is 0 Å². The zero-order valence-corrected chi connectivity index (χ0v) is 16.3. The second kappa shape index (κ2) is 9.58. The fourth-order valence-corrected chi connectivity index (χ4v) is 3.77. The summed E-state index contributed by atoms with van der Waals surface area (Å²) in [7, 11) is 0. The maximum Gasteiger partial charge on any atom is 0.244 e. The minimum Gasteiger partial charge on any atom is -0.353 e. The van der Waals surface area contributed by atoms with E-state index in [-0.39, 0.29) is 11.8 Å². The molecular formula is C22H31N3O2. The van der Waals surface area contributed by atoms with Crippen molar-refractivity contribution in [3.05, 3.63) is 41.5 Å². The van der Waals surface area contributed by atoms with Crippen molar-refractivity contribution < 1.29 is 9.59 Å². The van der Waals surface area contributed by atoms with E-state index in [0.29, 0.717) is 25.4 Å². The van der Waals surface area contributed by atoms with Crippen molar-refractivity contribution in [3.8, 4) is 0 Å². The average molecular weight is 370 g/mol. The van der Waals surface area contributed by atoms with Crippen LogP contribution in [0.2, 0.25) is 0 Å². The Bertz CT molecular complexity index is 673. The zero-order chi connectivity index (χ0) is 19.1. The number of rotatable bonds is 6. The summed E-state index contributed by atoms with van der Waals surface area (Å²) < 4.78 is 0. The molecule has 0 spiro atoms. The molecule has 0 radical (unpaired) electrons. The van der Waals surface area contributed by atoms with Crippen LogP contribution in [-0.2, 0) is 16.0 Å². The summed E-state index contributed by atoms with van der Waals surface area (Å²) in [5.41, 5.74) is 6.48. The Hall–Kier alpha value is -2.30. The highest BCUT2D eigenvalue weighted by molar-refractivity contribution is 5.84. The fourth-order valence-electron chi connectivity index (χ4n) is 3.77. The number of nitrogens with one attached hydrogen (secondary N) is 2. The lowest BCUT2D eigenvalue weighted by Gasteiger charge is -2.29. The molecule has 1 aliphatic carbocycles. The summed E-state index contributed by atoms with van der Waals surface area (Å²) in [6.07, 6.45) is 10.7. The van der Waals surface area contributed by atoms with E-state index in [1.807, 2.05) is 6.08 Å². The zero-order valence-electron chi connectivity index (χ0n) is 16.3. The Morgan fingerprint density at radius 3 is 2.52 bits per heavy atom. The molecule has 3 rings (SSSR count). The van der Waals surface area contributed by atoms with Gasteiger partial charge in [-0.2, -0.15) is 0 Å². The molecule has 1 heterocycles. The van der Waals surface area contributed by atoms with Crippen LogP contribution in [0.25, 0.3) is 5.70 Å². The Morgan fingerprint density at radius 2 is 1.85 bits per heavy atom. The number of hydrazine groups is 1. The average Bonchev–Trinajstić information content (AvgIpc) is 2.96. The number of aryl methyl sites for hydroxylation is 1. The summed E-state index contributed by atoms with van der Waals surface area (Å²) in [6, 6.07) is 8.67. The number of hydrogen-bond acceptors (Lipinski definition) is 3. The third-order valence-electron chi connectivity index (χ3n) is 5.49. The smallest absolute Gasteiger partial charge is 0.244 e. The maximum atomic E-state index is 12.3. The van der Waals surface area contributed by atoms with Gasteiger partial charge in [-0.05, 0) is 36.5 Å². The highest BCUT2D eigenvalue weighted by atomic mass is 16.2. The van der Waals surface area contributed by atoms with Crippen LogP contribution >= 0.6 is 0 Å². The summed E-state index contributed by atoms with van der Waals surface area (Å²) in [5.74, 6) is 0.0473. The summed E-state index contributed by atoms with van der Waals surface area (Å²) in [4.78, 5) is 24.5. The van der Waals surface area contributed by atoms with Gasteiger partial charge in [-0.15, -0.1) is 0 Å². The van der Waals surface area contributed by atoms with Crippen molar-refractivity contribution in [2.45, 2.75) is 70.8 Å². The van der Waals surface area contributed by atoms with Crippen LogP contribution in [0.1, 0.15) is 69.4 Å². The van der Waals surface area contributed by atoms with Gasteiger partial charge in [-0.3, -0.25) is 20.0 Å². The summed E-state index contributed by atoms with van der Waals surface area (Å²) >= 11 is 0. The monoisotopic (exact) mass is 369 g/mol. The van der Waals surface area contributed by atoms with Crippen LogP contribution in [0.15, 0.2) is 30.3 Å². The lowest BCUT2D eigenvalue weighted by molar-refractivity contribution is -0.133. The number of nitrogens with zero attached hydrogens (tertiary/aromatic N) is 1. The third-order valence-corrected chi connectivity index (χ3v) is 5.49. The summed E-state index contributed by atoms with van der Waals surface area (Å²) in [5, 5.41) is 4.73. The Kier molecular flexibility index (Phi) is 6.91. The van der Waals surface area contributed by atoms with Crippen molar-refractivity contribution >= 4 is 17.5 Å². The molecule has 146 valence electrons. The van der Waals surface area contributed by atoms with E-state index in [1.54, 1.807) is 5.01 Å². The van der Waals surface area contributed by atoms with Crippen molar-refractivity contribution in [2.75, 3.05) is 6.54 Å². The van der Waals surface area contributed by atoms with Crippen LogP contribution in [0.3, 0.4) is 0 Å².